The van der Waals surface area contributed by atoms with Crippen LogP contribution in [0.1, 0.15) is 33.8 Å². The van der Waals surface area contributed by atoms with Crippen molar-refractivity contribution in [2.24, 2.45) is 5.11 Å². The van der Waals surface area contributed by atoms with Gasteiger partial charge in [0.2, 0.25) is 0 Å². The zero-order valence-electron chi connectivity index (χ0n) is 9.67. The largest absolute Gasteiger partial charge is 0.338 e. The van der Waals surface area contributed by atoms with Gasteiger partial charge in [0, 0.05) is 22.9 Å². The molecule has 0 spiro atoms. The molecule has 0 saturated heterocycles. The summed E-state index contributed by atoms with van der Waals surface area (Å²) in [6.07, 6.45) is 3.44. The minimum Gasteiger partial charge on any atom is -0.338 e. The highest BCUT2D eigenvalue weighted by Crippen LogP contribution is 2.26. The number of azide groups is 1. The summed E-state index contributed by atoms with van der Waals surface area (Å²) >= 11 is 1.41. The average Bonchev–Trinajstić information content (AvgIpc) is 2.71. The number of hydrogen-bond acceptors (Lipinski definition) is 3. The molecule has 0 atom stereocenters. The van der Waals surface area contributed by atoms with Crippen LogP contribution in [0.15, 0.2) is 17.2 Å². The maximum atomic E-state index is 12.1. The van der Waals surface area contributed by atoms with Gasteiger partial charge < -0.3 is 4.90 Å². The molecule has 1 aliphatic carbocycles. The van der Waals surface area contributed by atoms with Gasteiger partial charge in [-0.25, -0.2) is 0 Å². The van der Waals surface area contributed by atoms with Crippen LogP contribution >= 0.6 is 11.3 Å². The van der Waals surface area contributed by atoms with Crippen molar-refractivity contribution in [3.63, 3.8) is 0 Å². The molecular weight excluding hydrogens is 236 g/mol. The summed E-state index contributed by atoms with van der Waals surface area (Å²) in [5.41, 5.74) is 8.23. The number of amides is 1. The lowest BCUT2D eigenvalue weighted by Crippen LogP contribution is -2.40. The number of carbonyl (C=O) groups excluding carboxylic acids is 1. The number of rotatable bonds is 4. The van der Waals surface area contributed by atoms with Crippen LogP contribution in [0.25, 0.3) is 10.4 Å². The summed E-state index contributed by atoms with van der Waals surface area (Å²) in [6, 6.07) is 4.07. The van der Waals surface area contributed by atoms with Crippen LogP contribution in [0.2, 0.25) is 0 Å². The van der Waals surface area contributed by atoms with Crippen molar-refractivity contribution >= 4 is 17.2 Å². The first-order chi connectivity index (χ1) is 8.22. The van der Waals surface area contributed by atoms with E-state index in [0.29, 0.717) is 12.6 Å². The number of thiophene rings is 1. The molecule has 1 aromatic heterocycles. The average molecular weight is 250 g/mol. The molecule has 2 rings (SSSR count). The first-order valence-corrected chi connectivity index (χ1v) is 6.40. The molecule has 6 heteroatoms. The Kier molecular flexibility index (Phi) is 3.66. The van der Waals surface area contributed by atoms with Gasteiger partial charge >= 0.3 is 0 Å². The standard InChI is InChI=1S/C11H14N4OS/c1-15(8-3-2-4-8)11(16)10-6-5-9(17-10)7-13-14-12/h5-6,8H,2-4,7H2,1H3. The van der Waals surface area contributed by atoms with Gasteiger partial charge in [0.15, 0.2) is 0 Å². The van der Waals surface area contributed by atoms with E-state index >= 15 is 0 Å². The van der Waals surface area contributed by atoms with Gasteiger partial charge in [-0.3, -0.25) is 4.79 Å². The molecule has 0 bridgehead atoms. The Bertz CT molecular complexity index is 460. The van der Waals surface area contributed by atoms with Crippen LogP contribution in [-0.4, -0.2) is 23.9 Å². The lowest BCUT2D eigenvalue weighted by Gasteiger charge is -2.34. The van der Waals surface area contributed by atoms with Gasteiger partial charge in [0.25, 0.3) is 5.91 Å². The summed E-state index contributed by atoms with van der Waals surface area (Å²) in [4.78, 5) is 18.3. The monoisotopic (exact) mass is 250 g/mol. The molecule has 1 fully saturated rings. The number of hydrogen-bond donors (Lipinski definition) is 0. The van der Waals surface area contributed by atoms with E-state index in [2.05, 4.69) is 10.0 Å². The van der Waals surface area contributed by atoms with Crippen LogP contribution in [0.4, 0.5) is 0 Å². The molecule has 5 nitrogen and oxygen atoms in total. The predicted molar refractivity (Wildman–Crippen MR) is 66.9 cm³/mol. The van der Waals surface area contributed by atoms with E-state index in [1.54, 1.807) is 0 Å². The third-order valence-electron chi connectivity index (χ3n) is 3.10. The van der Waals surface area contributed by atoms with Crippen molar-refractivity contribution in [3.05, 3.63) is 32.3 Å². The molecule has 1 aliphatic rings. The van der Waals surface area contributed by atoms with Crippen LogP contribution in [0, 0.1) is 0 Å². The summed E-state index contributed by atoms with van der Waals surface area (Å²) in [5.74, 6) is 0.0758. The maximum Gasteiger partial charge on any atom is 0.263 e. The van der Waals surface area contributed by atoms with E-state index in [4.69, 9.17) is 5.53 Å². The Balaban J connectivity index is 2.03. The van der Waals surface area contributed by atoms with E-state index < -0.39 is 0 Å². The summed E-state index contributed by atoms with van der Waals surface area (Å²) in [6.45, 7) is 0.321. The molecular formula is C11H14N4OS. The molecule has 0 unspecified atom stereocenters. The minimum absolute atomic E-state index is 0.0758. The lowest BCUT2D eigenvalue weighted by atomic mass is 9.92. The third-order valence-corrected chi connectivity index (χ3v) is 4.16. The Hall–Kier alpha value is -1.52. The summed E-state index contributed by atoms with van der Waals surface area (Å²) in [5, 5.41) is 3.49. The normalized spacial score (nSPS) is 14.9. The van der Waals surface area contributed by atoms with Crippen molar-refractivity contribution < 1.29 is 4.79 Å². The summed E-state index contributed by atoms with van der Waals surface area (Å²) < 4.78 is 0. The van der Waals surface area contributed by atoms with Crippen molar-refractivity contribution in [1.29, 1.82) is 0 Å². The molecule has 1 heterocycles. The van der Waals surface area contributed by atoms with Crippen molar-refractivity contribution in [2.75, 3.05) is 7.05 Å². The summed E-state index contributed by atoms with van der Waals surface area (Å²) in [7, 11) is 1.86. The third kappa shape index (κ3) is 2.60. The molecule has 90 valence electrons. The van der Waals surface area contributed by atoms with E-state index in [1.165, 1.54) is 17.8 Å². The van der Waals surface area contributed by atoms with Gasteiger partial charge in [0.05, 0.1) is 11.4 Å². The second-order valence-electron chi connectivity index (χ2n) is 4.16. The molecule has 1 aromatic rings. The van der Waals surface area contributed by atoms with Crippen LogP contribution < -0.4 is 0 Å². The molecule has 0 aliphatic heterocycles. The van der Waals surface area contributed by atoms with Gasteiger partial charge in [0.1, 0.15) is 0 Å². The smallest absolute Gasteiger partial charge is 0.263 e. The van der Waals surface area contributed by atoms with Crippen molar-refractivity contribution in [1.82, 2.24) is 4.90 Å². The van der Waals surface area contributed by atoms with Crippen molar-refractivity contribution in [2.45, 2.75) is 31.8 Å². The fourth-order valence-corrected chi connectivity index (χ4v) is 2.70. The Morgan fingerprint density at radius 1 is 1.65 bits per heavy atom. The highest BCUT2D eigenvalue weighted by Gasteiger charge is 2.26. The second-order valence-corrected chi connectivity index (χ2v) is 5.32. The van der Waals surface area contributed by atoms with Crippen LogP contribution in [0.5, 0.6) is 0 Å². The number of carbonyl (C=O) groups is 1. The topological polar surface area (TPSA) is 69.1 Å². The zero-order chi connectivity index (χ0) is 12.3. The van der Waals surface area contributed by atoms with Crippen molar-refractivity contribution in [3.8, 4) is 0 Å². The fourth-order valence-electron chi connectivity index (χ4n) is 1.79. The Morgan fingerprint density at radius 3 is 3.00 bits per heavy atom. The first kappa shape index (κ1) is 12.0. The highest BCUT2D eigenvalue weighted by atomic mass is 32.1. The molecule has 1 amide bonds. The molecule has 0 N–H and O–H groups in total. The number of nitrogens with zero attached hydrogens (tertiary/aromatic N) is 4. The van der Waals surface area contributed by atoms with E-state index in [1.807, 2.05) is 24.1 Å². The van der Waals surface area contributed by atoms with Gasteiger partial charge in [-0.05, 0) is 36.9 Å². The van der Waals surface area contributed by atoms with Gasteiger partial charge in [-0.15, -0.1) is 11.3 Å². The minimum atomic E-state index is 0.0758. The zero-order valence-corrected chi connectivity index (χ0v) is 10.5. The lowest BCUT2D eigenvalue weighted by molar-refractivity contribution is 0.0657. The highest BCUT2D eigenvalue weighted by molar-refractivity contribution is 7.14. The van der Waals surface area contributed by atoms with Gasteiger partial charge in [-0.1, -0.05) is 5.11 Å². The van der Waals surface area contributed by atoms with E-state index in [0.717, 1.165) is 22.6 Å². The SMILES string of the molecule is CN(C(=O)c1ccc(CN=[N+]=[N-])s1)C1CCC1. The quantitative estimate of drug-likeness (QED) is 0.459. The molecule has 0 aromatic carbocycles. The maximum absolute atomic E-state index is 12.1. The predicted octanol–water partition coefficient (Wildman–Crippen LogP) is 3.18. The van der Waals surface area contributed by atoms with E-state index in [-0.39, 0.29) is 5.91 Å². The Labute approximate surface area is 104 Å². The van der Waals surface area contributed by atoms with Gasteiger partial charge in [-0.2, -0.15) is 0 Å². The molecule has 0 radical (unpaired) electrons. The van der Waals surface area contributed by atoms with E-state index in [9.17, 15) is 4.79 Å². The molecule has 1 saturated carbocycles. The Morgan fingerprint density at radius 2 is 2.41 bits per heavy atom. The second kappa shape index (κ2) is 5.21. The first-order valence-electron chi connectivity index (χ1n) is 5.59. The van der Waals surface area contributed by atoms with Crippen LogP contribution in [0.3, 0.4) is 0 Å². The fraction of sp³-hybridized carbons (Fsp3) is 0.545. The molecule has 17 heavy (non-hydrogen) atoms. The van der Waals surface area contributed by atoms with Crippen LogP contribution in [-0.2, 0) is 6.54 Å².